The highest BCUT2D eigenvalue weighted by Crippen LogP contribution is 2.22. The number of rotatable bonds is 4. The Bertz CT molecular complexity index is 578. The molecule has 0 radical (unpaired) electrons. The number of carboxylic acids is 1. The van der Waals surface area contributed by atoms with Gasteiger partial charge in [0.25, 0.3) is 0 Å². The van der Waals surface area contributed by atoms with Gasteiger partial charge < -0.3 is 10.4 Å². The lowest BCUT2D eigenvalue weighted by atomic mass is 10.1. The van der Waals surface area contributed by atoms with Crippen molar-refractivity contribution < 1.29 is 9.90 Å². The number of aromatic nitrogens is 1. The highest BCUT2D eigenvalue weighted by Gasteiger charge is 2.11. The van der Waals surface area contributed by atoms with Gasteiger partial charge >= 0.3 is 5.97 Å². The van der Waals surface area contributed by atoms with E-state index in [-0.39, 0.29) is 0 Å². The summed E-state index contributed by atoms with van der Waals surface area (Å²) in [7, 11) is 0. The maximum absolute atomic E-state index is 11.1. The zero-order chi connectivity index (χ0) is 13.1. The molecule has 1 aromatic heterocycles. The van der Waals surface area contributed by atoms with Gasteiger partial charge in [0.05, 0.1) is 17.8 Å². The number of thiazole rings is 1. The lowest BCUT2D eigenvalue weighted by Crippen LogP contribution is -2.07. The fraction of sp³-hybridized carbons (Fsp3) is 0.231. The van der Waals surface area contributed by atoms with Crippen molar-refractivity contribution in [2.75, 3.05) is 5.32 Å². The second-order valence-corrected chi connectivity index (χ2v) is 5.34. The van der Waals surface area contributed by atoms with Gasteiger partial charge in [-0.05, 0) is 25.5 Å². The van der Waals surface area contributed by atoms with E-state index in [1.54, 1.807) is 23.5 Å². The van der Waals surface area contributed by atoms with Gasteiger partial charge in [0.1, 0.15) is 5.01 Å². The standard InChI is InChI=1S/C13H14N2O2S/c1-8-4-3-5-10(13(16)17)12(8)15-7-11-14-6-9(2)18-11/h3-6,15H,7H2,1-2H3,(H,16,17). The molecule has 5 heteroatoms. The highest BCUT2D eigenvalue weighted by atomic mass is 32.1. The van der Waals surface area contributed by atoms with E-state index in [2.05, 4.69) is 10.3 Å². The summed E-state index contributed by atoms with van der Waals surface area (Å²) in [6, 6.07) is 5.24. The van der Waals surface area contributed by atoms with Crippen molar-refractivity contribution in [2.45, 2.75) is 20.4 Å². The second kappa shape index (κ2) is 5.18. The Kier molecular flexibility index (Phi) is 3.62. The van der Waals surface area contributed by atoms with Crippen LogP contribution in [0.5, 0.6) is 0 Å². The van der Waals surface area contributed by atoms with Crippen molar-refractivity contribution in [1.82, 2.24) is 4.98 Å². The molecule has 0 bridgehead atoms. The summed E-state index contributed by atoms with van der Waals surface area (Å²) < 4.78 is 0. The molecule has 4 nitrogen and oxygen atoms in total. The quantitative estimate of drug-likeness (QED) is 0.889. The molecule has 0 unspecified atom stereocenters. The normalized spacial score (nSPS) is 10.3. The van der Waals surface area contributed by atoms with Crippen LogP contribution in [0.2, 0.25) is 0 Å². The third-order valence-electron chi connectivity index (χ3n) is 2.59. The van der Waals surface area contributed by atoms with Gasteiger partial charge in [-0.3, -0.25) is 0 Å². The first kappa shape index (κ1) is 12.6. The first-order chi connectivity index (χ1) is 8.58. The molecule has 2 rings (SSSR count). The maximum atomic E-state index is 11.1. The number of aromatic carboxylic acids is 1. The second-order valence-electron chi connectivity index (χ2n) is 4.02. The van der Waals surface area contributed by atoms with Crippen molar-refractivity contribution in [2.24, 2.45) is 0 Å². The van der Waals surface area contributed by atoms with Gasteiger partial charge in [0.15, 0.2) is 0 Å². The number of benzene rings is 1. The number of aryl methyl sites for hydroxylation is 2. The van der Waals surface area contributed by atoms with Crippen molar-refractivity contribution in [1.29, 1.82) is 0 Å². The summed E-state index contributed by atoms with van der Waals surface area (Å²) in [5, 5.41) is 13.2. The predicted octanol–water partition coefficient (Wildman–Crippen LogP) is 3.07. The molecule has 0 saturated heterocycles. The number of nitrogens with zero attached hydrogens (tertiary/aromatic N) is 1. The van der Waals surface area contributed by atoms with Crippen molar-refractivity contribution in [3.63, 3.8) is 0 Å². The summed E-state index contributed by atoms with van der Waals surface area (Å²) in [6.07, 6.45) is 1.82. The minimum absolute atomic E-state index is 0.295. The van der Waals surface area contributed by atoms with Crippen molar-refractivity contribution >= 4 is 23.0 Å². The molecule has 0 spiro atoms. The van der Waals surface area contributed by atoms with Crippen LogP contribution in [0.15, 0.2) is 24.4 Å². The van der Waals surface area contributed by atoms with E-state index in [4.69, 9.17) is 5.11 Å². The van der Waals surface area contributed by atoms with Crippen LogP contribution in [0.25, 0.3) is 0 Å². The Hall–Kier alpha value is -1.88. The summed E-state index contributed by atoms with van der Waals surface area (Å²) >= 11 is 1.61. The zero-order valence-corrected chi connectivity index (χ0v) is 11.0. The summed E-state index contributed by atoms with van der Waals surface area (Å²) in [5.74, 6) is -0.920. The number of carbonyl (C=O) groups is 1. The predicted molar refractivity (Wildman–Crippen MR) is 72.3 cm³/mol. The Morgan fingerprint density at radius 2 is 2.22 bits per heavy atom. The topological polar surface area (TPSA) is 62.2 Å². The van der Waals surface area contributed by atoms with E-state index in [0.29, 0.717) is 17.8 Å². The molecular weight excluding hydrogens is 248 g/mol. The molecule has 0 atom stereocenters. The molecule has 0 aliphatic carbocycles. The molecule has 2 N–H and O–H groups in total. The van der Waals surface area contributed by atoms with Gasteiger partial charge in [-0.25, -0.2) is 9.78 Å². The van der Waals surface area contributed by atoms with E-state index in [1.165, 1.54) is 0 Å². The Balaban J connectivity index is 2.20. The van der Waals surface area contributed by atoms with E-state index in [1.807, 2.05) is 26.1 Å². The molecule has 0 aliphatic rings. The minimum atomic E-state index is -0.920. The average molecular weight is 262 g/mol. The first-order valence-corrected chi connectivity index (χ1v) is 6.37. The Labute approximate surface area is 109 Å². The number of anilines is 1. The SMILES string of the molecule is Cc1cnc(CNc2c(C)cccc2C(=O)O)s1. The average Bonchev–Trinajstić information content (AvgIpc) is 2.73. The minimum Gasteiger partial charge on any atom is -0.478 e. The number of nitrogens with one attached hydrogen (secondary N) is 1. The molecule has 1 heterocycles. The number of hydrogen-bond acceptors (Lipinski definition) is 4. The molecule has 0 saturated carbocycles. The number of hydrogen-bond donors (Lipinski definition) is 2. The summed E-state index contributed by atoms with van der Waals surface area (Å²) in [5.41, 5.74) is 1.88. The van der Waals surface area contributed by atoms with Crippen LogP contribution in [0.1, 0.15) is 25.8 Å². The zero-order valence-electron chi connectivity index (χ0n) is 10.2. The molecular formula is C13H14N2O2S. The lowest BCUT2D eigenvalue weighted by molar-refractivity contribution is 0.0698. The van der Waals surface area contributed by atoms with E-state index in [9.17, 15) is 4.79 Å². The molecule has 0 aliphatic heterocycles. The van der Waals surface area contributed by atoms with Gasteiger partial charge in [-0.1, -0.05) is 12.1 Å². The summed E-state index contributed by atoms with van der Waals surface area (Å²) in [6.45, 7) is 4.43. The third kappa shape index (κ3) is 2.68. The van der Waals surface area contributed by atoms with E-state index in [0.717, 1.165) is 15.4 Å². The number of carboxylic acid groups (broad SMARTS) is 1. The third-order valence-corrected chi connectivity index (χ3v) is 3.50. The monoisotopic (exact) mass is 262 g/mol. The molecule has 18 heavy (non-hydrogen) atoms. The van der Waals surface area contributed by atoms with Crippen LogP contribution >= 0.6 is 11.3 Å². The van der Waals surface area contributed by atoms with E-state index < -0.39 is 5.97 Å². The van der Waals surface area contributed by atoms with Gasteiger partial charge in [-0.15, -0.1) is 11.3 Å². The Morgan fingerprint density at radius 3 is 2.83 bits per heavy atom. The molecule has 1 aromatic carbocycles. The smallest absolute Gasteiger partial charge is 0.337 e. The molecule has 0 fully saturated rings. The molecule has 0 amide bonds. The van der Waals surface area contributed by atoms with Gasteiger partial charge in [-0.2, -0.15) is 0 Å². The fourth-order valence-corrected chi connectivity index (χ4v) is 2.45. The van der Waals surface area contributed by atoms with Crippen LogP contribution in [-0.2, 0) is 6.54 Å². The van der Waals surface area contributed by atoms with Gasteiger partial charge in [0.2, 0.25) is 0 Å². The van der Waals surface area contributed by atoms with Crippen LogP contribution in [-0.4, -0.2) is 16.1 Å². The van der Waals surface area contributed by atoms with Crippen LogP contribution < -0.4 is 5.32 Å². The maximum Gasteiger partial charge on any atom is 0.337 e. The fourth-order valence-electron chi connectivity index (χ4n) is 1.73. The molecule has 2 aromatic rings. The highest BCUT2D eigenvalue weighted by molar-refractivity contribution is 7.11. The lowest BCUT2D eigenvalue weighted by Gasteiger charge is -2.11. The van der Waals surface area contributed by atoms with Crippen molar-refractivity contribution in [3.8, 4) is 0 Å². The van der Waals surface area contributed by atoms with Crippen LogP contribution in [0.4, 0.5) is 5.69 Å². The number of para-hydroxylation sites is 1. The first-order valence-electron chi connectivity index (χ1n) is 5.56. The van der Waals surface area contributed by atoms with E-state index >= 15 is 0 Å². The molecule has 94 valence electrons. The van der Waals surface area contributed by atoms with Crippen molar-refractivity contribution in [3.05, 3.63) is 45.4 Å². The largest absolute Gasteiger partial charge is 0.478 e. The van der Waals surface area contributed by atoms with Gasteiger partial charge in [0, 0.05) is 11.1 Å². The van der Waals surface area contributed by atoms with Crippen LogP contribution in [0.3, 0.4) is 0 Å². The van der Waals surface area contributed by atoms with Crippen LogP contribution in [0, 0.1) is 13.8 Å². The Morgan fingerprint density at radius 1 is 1.44 bits per heavy atom. The summed E-state index contributed by atoms with van der Waals surface area (Å²) in [4.78, 5) is 16.5.